The van der Waals surface area contributed by atoms with Crippen LogP contribution < -0.4 is 0 Å². The zero-order valence-corrected chi connectivity index (χ0v) is 18.9. The lowest BCUT2D eigenvalue weighted by molar-refractivity contribution is 0.0576. The molecule has 0 radical (unpaired) electrons. The summed E-state index contributed by atoms with van der Waals surface area (Å²) >= 11 is 0. The second-order valence-electron chi connectivity index (χ2n) is 8.63. The van der Waals surface area contributed by atoms with Gasteiger partial charge in [-0.25, -0.2) is 8.42 Å². The van der Waals surface area contributed by atoms with Crippen molar-refractivity contribution in [3.05, 3.63) is 29.8 Å². The molecule has 1 aromatic carbocycles. The van der Waals surface area contributed by atoms with E-state index in [0.717, 1.165) is 19.3 Å². The third kappa shape index (κ3) is 4.69. The van der Waals surface area contributed by atoms with Gasteiger partial charge in [-0.1, -0.05) is 20.3 Å². The molecule has 1 aromatic rings. The van der Waals surface area contributed by atoms with E-state index in [0.29, 0.717) is 38.3 Å². The minimum Gasteiger partial charge on any atom is -0.336 e. The molecule has 2 fully saturated rings. The molecule has 164 valence electrons. The van der Waals surface area contributed by atoms with Crippen molar-refractivity contribution in [2.45, 2.75) is 57.0 Å². The largest absolute Gasteiger partial charge is 0.336 e. The van der Waals surface area contributed by atoms with E-state index in [2.05, 4.69) is 11.0 Å². The van der Waals surface area contributed by atoms with Gasteiger partial charge in [-0.3, -0.25) is 9.69 Å². The van der Waals surface area contributed by atoms with Crippen LogP contribution in [0.5, 0.6) is 0 Å². The average Bonchev–Trinajstić information content (AvgIpc) is 2.74. The Balaban J connectivity index is 1.65. The van der Waals surface area contributed by atoms with Crippen LogP contribution in [0, 0.1) is 17.2 Å². The molecular weight excluding hydrogens is 400 g/mol. The Hall–Kier alpha value is -1.95. The van der Waals surface area contributed by atoms with Gasteiger partial charge >= 0.3 is 0 Å². The lowest BCUT2D eigenvalue weighted by Gasteiger charge is -2.38. The van der Waals surface area contributed by atoms with Crippen molar-refractivity contribution in [1.29, 1.82) is 5.26 Å². The van der Waals surface area contributed by atoms with Crippen LogP contribution in [0.3, 0.4) is 0 Å². The predicted molar refractivity (Wildman–Crippen MR) is 115 cm³/mol. The fourth-order valence-electron chi connectivity index (χ4n) is 4.37. The molecule has 0 saturated carbocycles. The van der Waals surface area contributed by atoms with E-state index >= 15 is 0 Å². The van der Waals surface area contributed by atoms with E-state index in [1.807, 2.05) is 20.8 Å². The highest BCUT2D eigenvalue weighted by Crippen LogP contribution is 2.25. The number of carbonyl (C=O) groups excluding carboxylic acids is 1. The summed E-state index contributed by atoms with van der Waals surface area (Å²) in [5.74, 6) is 0.150. The molecule has 2 aliphatic rings. The van der Waals surface area contributed by atoms with Gasteiger partial charge in [-0.15, -0.1) is 0 Å². The Labute approximate surface area is 180 Å². The summed E-state index contributed by atoms with van der Waals surface area (Å²) in [4.78, 5) is 17.0. The van der Waals surface area contributed by atoms with Crippen LogP contribution in [0.25, 0.3) is 0 Å². The highest BCUT2D eigenvalue weighted by Gasteiger charge is 2.32. The van der Waals surface area contributed by atoms with Gasteiger partial charge in [0, 0.05) is 44.3 Å². The highest BCUT2D eigenvalue weighted by molar-refractivity contribution is 7.89. The van der Waals surface area contributed by atoms with Gasteiger partial charge in [-0.05, 0) is 49.9 Å². The van der Waals surface area contributed by atoms with Crippen LogP contribution in [0.15, 0.2) is 29.2 Å². The molecule has 2 heterocycles. The Bertz CT molecular complexity index is 884. The highest BCUT2D eigenvalue weighted by atomic mass is 32.2. The zero-order chi connectivity index (χ0) is 21.9. The van der Waals surface area contributed by atoms with E-state index in [1.54, 1.807) is 33.5 Å². The summed E-state index contributed by atoms with van der Waals surface area (Å²) < 4.78 is 27.5. The number of piperidine rings is 1. The first-order valence-corrected chi connectivity index (χ1v) is 12.2. The Kier molecular flexibility index (Phi) is 7.17. The van der Waals surface area contributed by atoms with Crippen LogP contribution in [0.2, 0.25) is 0 Å². The molecule has 7 nitrogen and oxygen atoms in total. The molecule has 2 unspecified atom stereocenters. The van der Waals surface area contributed by atoms with E-state index < -0.39 is 10.0 Å². The summed E-state index contributed by atoms with van der Waals surface area (Å²) in [7, 11) is -3.54. The van der Waals surface area contributed by atoms with E-state index in [4.69, 9.17) is 0 Å². The van der Waals surface area contributed by atoms with Gasteiger partial charge in [0.1, 0.15) is 6.04 Å². The van der Waals surface area contributed by atoms with Gasteiger partial charge in [0.15, 0.2) is 0 Å². The third-order valence-electron chi connectivity index (χ3n) is 6.21. The first kappa shape index (κ1) is 22.7. The zero-order valence-electron chi connectivity index (χ0n) is 18.1. The normalized spacial score (nSPS) is 22.6. The Morgan fingerprint density at radius 2 is 1.70 bits per heavy atom. The number of nitriles is 1. The molecule has 3 rings (SSSR count). The molecule has 0 spiro atoms. The van der Waals surface area contributed by atoms with Gasteiger partial charge in [0.2, 0.25) is 10.0 Å². The molecule has 1 amide bonds. The first-order chi connectivity index (χ1) is 14.3. The molecule has 2 atom stereocenters. The molecule has 0 bridgehead atoms. The number of rotatable bonds is 5. The minimum absolute atomic E-state index is 0.00410. The lowest BCUT2D eigenvalue weighted by atomic mass is 10.0. The number of nitrogens with zero attached hydrogens (tertiary/aromatic N) is 4. The second-order valence-corrected chi connectivity index (χ2v) is 10.5. The van der Waals surface area contributed by atoms with E-state index in [-0.39, 0.29) is 28.8 Å². The van der Waals surface area contributed by atoms with Crippen molar-refractivity contribution in [2.24, 2.45) is 5.92 Å². The maximum atomic E-state index is 13.0. The fraction of sp³-hybridized carbons (Fsp3) is 0.636. The van der Waals surface area contributed by atoms with Crippen LogP contribution in [-0.2, 0) is 10.0 Å². The average molecular weight is 433 g/mol. The summed E-state index contributed by atoms with van der Waals surface area (Å²) in [6.45, 7) is 9.03. The molecule has 0 aliphatic carbocycles. The maximum Gasteiger partial charge on any atom is 0.253 e. The van der Waals surface area contributed by atoms with Crippen molar-refractivity contribution in [3.63, 3.8) is 0 Å². The van der Waals surface area contributed by atoms with Crippen molar-refractivity contribution in [3.8, 4) is 6.07 Å². The number of benzene rings is 1. The Morgan fingerprint density at radius 3 is 2.23 bits per heavy atom. The summed E-state index contributed by atoms with van der Waals surface area (Å²) in [5.41, 5.74) is 0.495. The van der Waals surface area contributed by atoms with Crippen molar-refractivity contribution < 1.29 is 13.2 Å². The van der Waals surface area contributed by atoms with Crippen molar-refractivity contribution in [1.82, 2.24) is 14.1 Å². The van der Waals surface area contributed by atoms with Crippen LogP contribution in [0.1, 0.15) is 50.4 Å². The topological polar surface area (TPSA) is 84.7 Å². The molecule has 0 aromatic heterocycles. The number of piperazine rings is 1. The number of hydrogen-bond acceptors (Lipinski definition) is 5. The molecule has 8 heteroatoms. The minimum atomic E-state index is -3.54. The number of amides is 1. The van der Waals surface area contributed by atoms with Crippen molar-refractivity contribution in [2.75, 3.05) is 32.7 Å². The van der Waals surface area contributed by atoms with Gasteiger partial charge in [0.05, 0.1) is 11.0 Å². The van der Waals surface area contributed by atoms with Gasteiger partial charge < -0.3 is 4.90 Å². The third-order valence-corrected chi connectivity index (χ3v) is 8.24. The quantitative estimate of drug-likeness (QED) is 0.714. The fourth-order valence-corrected chi connectivity index (χ4v) is 6.07. The predicted octanol–water partition coefficient (Wildman–Crippen LogP) is 2.56. The Morgan fingerprint density at radius 1 is 1.07 bits per heavy atom. The van der Waals surface area contributed by atoms with Crippen molar-refractivity contribution >= 4 is 15.9 Å². The number of carbonyl (C=O) groups is 1. The number of sulfonamides is 1. The van der Waals surface area contributed by atoms with Gasteiger partial charge in [-0.2, -0.15) is 9.57 Å². The standard InChI is InChI=1S/C22H32N4O3S/c1-17(2)21(16-23)24-12-14-25(15-13-24)22(27)19-7-9-20(10-8-19)30(28,29)26-11-5-4-6-18(26)3/h7-10,17-18,21H,4-6,11-15H2,1-3H3. The molecule has 0 N–H and O–H groups in total. The van der Waals surface area contributed by atoms with Gasteiger partial charge in [0.25, 0.3) is 5.91 Å². The van der Waals surface area contributed by atoms with E-state index in [1.165, 1.54) is 0 Å². The molecular formula is C22H32N4O3S. The summed E-state index contributed by atoms with van der Waals surface area (Å²) in [6.07, 6.45) is 2.82. The van der Waals surface area contributed by atoms with E-state index in [9.17, 15) is 18.5 Å². The molecule has 30 heavy (non-hydrogen) atoms. The summed E-state index contributed by atoms with van der Waals surface area (Å²) in [6, 6.07) is 8.55. The summed E-state index contributed by atoms with van der Waals surface area (Å²) in [5, 5.41) is 9.38. The smallest absolute Gasteiger partial charge is 0.253 e. The molecule has 2 aliphatic heterocycles. The second kappa shape index (κ2) is 9.46. The van der Waals surface area contributed by atoms with Crippen LogP contribution >= 0.6 is 0 Å². The first-order valence-electron chi connectivity index (χ1n) is 10.8. The van der Waals surface area contributed by atoms with Crippen LogP contribution in [0.4, 0.5) is 0 Å². The monoisotopic (exact) mass is 432 g/mol. The number of hydrogen-bond donors (Lipinski definition) is 0. The molecule has 2 saturated heterocycles. The van der Waals surface area contributed by atoms with Crippen LogP contribution in [-0.4, -0.2) is 73.2 Å². The maximum absolute atomic E-state index is 13.0. The SMILES string of the molecule is CC(C)C(C#N)N1CCN(C(=O)c2ccc(S(=O)(=O)N3CCCCC3C)cc2)CC1. The lowest BCUT2D eigenvalue weighted by Crippen LogP contribution is -2.52.